The lowest BCUT2D eigenvalue weighted by molar-refractivity contribution is -0.167. The molecule has 1 N–H and O–H groups in total. The predicted molar refractivity (Wildman–Crippen MR) is 63.2 cm³/mol. The SMILES string of the molecule is CC(C)(C)C(=O)OCO/N=N\N1CCCC1CO. The van der Waals surface area contributed by atoms with Crippen LogP contribution >= 0.6 is 0 Å². The van der Waals surface area contributed by atoms with Gasteiger partial charge in [0, 0.05) is 11.8 Å². The molecular weight excluding hydrogens is 238 g/mol. The maximum absolute atomic E-state index is 11.4. The van der Waals surface area contributed by atoms with Gasteiger partial charge in [-0.1, -0.05) is 0 Å². The summed E-state index contributed by atoms with van der Waals surface area (Å²) in [5, 5.41) is 18.0. The van der Waals surface area contributed by atoms with Crippen LogP contribution in [0.15, 0.2) is 10.5 Å². The number of aliphatic hydroxyl groups is 1. The molecule has 1 atom stereocenters. The highest BCUT2D eigenvalue weighted by molar-refractivity contribution is 5.75. The molecule has 7 heteroatoms. The molecule has 0 aromatic heterocycles. The maximum atomic E-state index is 11.4. The molecule has 0 saturated carbocycles. The van der Waals surface area contributed by atoms with Gasteiger partial charge >= 0.3 is 5.97 Å². The van der Waals surface area contributed by atoms with Crippen LogP contribution < -0.4 is 0 Å². The van der Waals surface area contributed by atoms with E-state index in [1.165, 1.54) is 0 Å². The summed E-state index contributed by atoms with van der Waals surface area (Å²) < 4.78 is 4.84. The standard InChI is InChI=1S/C11H21N3O4/c1-11(2,3)10(16)17-8-18-13-12-14-6-4-5-9(14)7-15/h9,15H,4-8H2,1-3H3/b13-12-. The zero-order chi connectivity index (χ0) is 13.6. The van der Waals surface area contributed by atoms with E-state index < -0.39 is 5.41 Å². The molecule has 1 unspecified atom stereocenters. The second kappa shape index (κ2) is 6.53. The lowest BCUT2D eigenvalue weighted by Crippen LogP contribution is -2.27. The monoisotopic (exact) mass is 259 g/mol. The van der Waals surface area contributed by atoms with Crippen LogP contribution in [0, 0.1) is 5.41 Å². The van der Waals surface area contributed by atoms with Gasteiger partial charge in [0.25, 0.3) is 6.79 Å². The van der Waals surface area contributed by atoms with E-state index in [0.717, 1.165) is 19.4 Å². The van der Waals surface area contributed by atoms with Crippen LogP contribution in [0.5, 0.6) is 0 Å². The fourth-order valence-corrected chi connectivity index (χ4v) is 1.52. The summed E-state index contributed by atoms with van der Waals surface area (Å²) in [5.74, 6) is -0.355. The molecule has 0 aliphatic carbocycles. The van der Waals surface area contributed by atoms with Gasteiger partial charge in [0.15, 0.2) is 0 Å². The van der Waals surface area contributed by atoms with Crippen molar-refractivity contribution < 1.29 is 19.5 Å². The summed E-state index contributed by atoms with van der Waals surface area (Å²) in [6, 6.07) is 0.00877. The summed E-state index contributed by atoms with van der Waals surface area (Å²) in [6.07, 6.45) is 1.87. The quantitative estimate of drug-likeness (QED) is 0.264. The Hall–Kier alpha value is -1.37. The van der Waals surface area contributed by atoms with Crippen LogP contribution in [0.1, 0.15) is 33.6 Å². The Morgan fingerprint density at radius 3 is 2.83 bits per heavy atom. The number of nitrogens with zero attached hydrogens (tertiary/aromatic N) is 3. The van der Waals surface area contributed by atoms with Gasteiger partial charge in [0.05, 0.1) is 18.1 Å². The molecular formula is C11H21N3O4. The number of carbonyl (C=O) groups excluding carboxylic acids is 1. The molecule has 0 aromatic carbocycles. The molecule has 0 spiro atoms. The van der Waals surface area contributed by atoms with Gasteiger partial charge in [-0.15, -0.1) is 0 Å². The van der Waals surface area contributed by atoms with E-state index in [4.69, 9.17) is 14.7 Å². The van der Waals surface area contributed by atoms with Crippen LogP contribution in [-0.4, -0.2) is 42.1 Å². The van der Waals surface area contributed by atoms with Gasteiger partial charge < -0.3 is 14.7 Å². The molecule has 0 amide bonds. The number of aliphatic hydroxyl groups excluding tert-OH is 1. The van der Waals surface area contributed by atoms with Crippen LogP contribution in [0.4, 0.5) is 0 Å². The fourth-order valence-electron chi connectivity index (χ4n) is 1.52. The third kappa shape index (κ3) is 4.48. The molecule has 1 aliphatic rings. The van der Waals surface area contributed by atoms with E-state index in [1.807, 2.05) is 0 Å². The Morgan fingerprint density at radius 2 is 2.22 bits per heavy atom. The Bertz CT molecular complexity index is 301. The molecule has 0 radical (unpaired) electrons. The molecule has 1 saturated heterocycles. The normalized spacial score (nSPS) is 20.4. The molecule has 1 fully saturated rings. The van der Waals surface area contributed by atoms with Crippen molar-refractivity contribution in [2.75, 3.05) is 19.9 Å². The van der Waals surface area contributed by atoms with Crippen molar-refractivity contribution in [1.82, 2.24) is 5.01 Å². The molecule has 104 valence electrons. The summed E-state index contributed by atoms with van der Waals surface area (Å²) in [7, 11) is 0. The molecule has 0 bridgehead atoms. The van der Waals surface area contributed by atoms with E-state index in [9.17, 15) is 4.79 Å². The van der Waals surface area contributed by atoms with Crippen molar-refractivity contribution in [3.63, 3.8) is 0 Å². The molecule has 0 aromatic rings. The highest BCUT2D eigenvalue weighted by atomic mass is 16.8. The van der Waals surface area contributed by atoms with Gasteiger partial charge in [-0.05, 0) is 38.8 Å². The Kier molecular flexibility index (Phi) is 5.33. The van der Waals surface area contributed by atoms with Crippen molar-refractivity contribution in [3.05, 3.63) is 0 Å². The number of esters is 1. The minimum atomic E-state index is -0.558. The van der Waals surface area contributed by atoms with E-state index in [2.05, 4.69) is 10.5 Å². The molecule has 1 rings (SSSR count). The van der Waals surface area contributed by atoms with Gasteiger partial charge in [-0.2, -0.15) is 0 Å². The van der Waals surface area contributed by atoms with Gasteiger partial charge in [-0.3, -0.25) is 9.80 Å². The summed E-state index contributed by atoms with van der Waals surface area (Å²) in [4.78, 5) is 16.1. The third-order valence-corrected chi connectivity index (χ3v) is 2.62. The third-order valence-electron chi connectivity index (χ3n) is 2.62. The molecule has 7 nitrogen and oxygen atoms in total. The lowest BCUT2D eigenvalue weighted by atomic mass is 9.98. The zero-order valence-corrected chi connectivity index (χ0v) is 11.1. The second-order valence-corrected chi connectivity index (χ2v) is 5.24. The first-order chi connectivity index (χ1) is 8.45. The first kappa shape index (κ1) is 14.7. The van der Waals surface area contributed by atoms with Crippen molar-refractivity contribution in [2.45, 2.75) is 39.7 Å². The minimum Gasteiger partial charge on any atom is -0.425 e. The fraction of sp³-hybridized carbons (Fsp3) is 0.909. The van der Waals surface area contributed by atoms with Crippen molar-refractivity contribution >= 4 is 5.97 Å². The Morgan fingerprint density at radius 1 is 1.50 bits per heavy atom. The lowest BCUT2D eigenvalue weighted by Gasteiger charge is -2.17. The van der Waals surface area contributed by atoms with Crippen molar-refractivity contribution in [3.8, 4) is 0 Å². The summed E-state index contributed by atoms with van der Waals surface area (Å²) in [6.45, 7) is 5.82. The predicted octanol–water partition coefficient (Wildman–Crippen LogP) is 1.29. The number of hydrogen-bond donors (Lipinski definition) is 1. The van der Waals surface area contributed by atoms with E-state index in [-0.39, 0.29) is 25.4 Å². The van der Waals surface area contributed by atoms with Crippen molar-refractivity contribution in [2.24, 2.45) is 15.9 Å². The molecule has 1 heterocycles. The smallest absolute Gasteiger partial charge is 0.314 e. The van der Waals surface area contributed by atoms with Gasteiger partial charge in [-0.25, -0.2) is 0 Å². The van der Waals surface area contributed by atoms with E-state index in [1.54, 1.807) is 25.8 Å². The van der Waals surface area contributed by atoms with E-state index >= 15 is 0 Å². The number of hydrogen-bond acceptors (Lipinski definition) is 6. The largest absolute Gasteiger partial charge is 0.425 e. The van der Waals surface area contributed by atoms with Crippen LogP contribution in [0.25, 0.3) is 0 Å². The highest BCUT2D eigenvalue weighted by Crippen LogP contribution is 2.17. The Balaban J connectivity index is 2.20. The maximum Gasteiger partial charge on any atom is 0.314 e. The number of carbonyl (C=O) groups is 1. The van der Waals surface area contributed by atoms with E-state index in [0.29, 0.717) is 0 Å². The average molecular weight is 259 g/mol. The first-order valence-electron chi connectivity index (χ1n) is 6.03. The number of rotatable bonds is 5. The molecule has 18 heavy (non-hydrogen) atoms. The van der Waals surface area contributed by atoms with Crippen LogP contribution in [0.3, 0.4) is 0 Å². The summed E-state index contributed by atoms with van der Waals surface area (Å²) in [5.41, 5.74) is -0.558. The zero-order valence-electron chi connectivity index (χ0n) is 11.1. The first-order valence-corrected chi connectivity index (χ1v) is 6.03. The highest BCUT2D eigenvalue weighted by Gasteiger charge is 2.24. The number of ether oxygens (including phenoxy) is 1. The average Bonchev–Trinajstić information content (AvgIpc) is 2.74. The molecule has 1 aliphatic heterocycles. The van der Waals surface area contributed by atoms with Crippen LogP contribution in [-0.2, 0) is 14.4 Å². The summed E-state index contributed by atoms with van der Waals surface area (Å²) >= 11 is 0. The Labute approximate surface area is 107 Å². The second-order valence-electron chi connectivity index (χ2n) is 5.24. The van der Waals surface area contributed by atoms with Gasteiger partial charge in [0.2, 0.25) is 0 Å². The minimum absolute atomic E-state index is 0.00877. The van der Waals surface area contributed by atoms with Crippen molar-refractivity contribution in [1.29, 1.82) is 0 Å². The van der Waals surface area contributed by atoms with Crippen LogP contribution in [0.2, 0.25) is 0 Å². The topological polar surface area (TPSA) is 83.7 Å². The van der Waals surface area contributed by atoms with Gasteiger partial charge in [0.1, 0.15) is 0 Å².